The van der Waals surface area contributed by atoms with Crippen LogP contribution in [0.5, 0.6) is 0 Å². The molecule has 0 unspecified atom stereocenters. The van der Waals surface area contributed by atoms with Gasteiger partial charge in [0, 0.05) is 5.02 Å². The second-order valence-electron chi connectivity index (χ2n) is 5.49. The lowest BCUT2D eigenvalue weighted by Crippen LogP contribution is -2.20. The molecule has 1 aromatic rings. The predicted molar refractivity (Wildman–Crippen MR) is 66.4 cm³/mol. The average Bonchev–Trinajstić information content (AvgIpc) is 2.20. The van der Waals surface area contributed by atoms with Gasteiger partial charge >= 0.3 is 0 Å². The Morgan fingerprint density at radius 1 is 1.07 bits per heavy atom. The third kappa shape index (κ3) is 2.75. The van der Waals surface area contributed by atoms with Gasteiger partial charge in [-0.05, 0) is 54.7 Å². The van der Waals surface area contributed by atoms with E-state index in [0.717, 1.165) is 10.9 Å². The van der Waals surface area contributed by atoms with Gasteiger partial charge in [-0.25, -0.2) is 0 Å². The number of hydrogen-bond donors (Lipinski definition) is 0. The fourth-order valence-electron chi connectivity index (χ4n) is 2.47. The standard InChI is InChI=1S/C14H19Cl/c1-14(2)9-7-12(8-10-14)11-3-5-13(15)6-4-11/h3-6,12H,7-10H2,1-2H3. The quantitative estimate of drug-likeness (QED) is 0.626. The molecule has 1 fully saturated rings. The van der Waals surface area contributed by atoms with Crippen LogP contribution in [0.3, 0.4) is 0 Å². The summed E-state index contributed by atoms with van der Waals surface area (Å²) in [7, 11) is 0. The molecule has 0 spiro atoms. The first-order chi connectivity index (χ1) is 7.07. The van der Waals surface area contributed by atoms with Crippen LogP contribution < -0.4 is 0 Å². The second kappa shape index (κ2) is 4.17. The zero-order valence-corrected chi connectivity index (χ0v) is 10.3. The van der Waals surface area contributed by atoms with E-state index in [0.29, 0.717) is 5.41 Å². The van der Waals surface area contributed by atoms with Crippen molar-refractivity contribution in [3.05, 3.63) is 34.9 Å². The van der Waals surface area contributed by atoms with E-state index in [-0.39, 0.29) is 0 Å². The minimum Gasteiger partial charge on any atom is -0.0843 e. The summed E-state index contributed by atoms with van der Waals surface area (Å²) in [5, 5.41) is 0.842. The molecule has 1 aliphatic rings. The molecule has 0 atom stereocenters. The molecule has 0 amide bonds. The maximum Gasteiger partial charge on any atom is 0.0406 e. The highest BCUT2D eigenvalue weighted by Crippen LogP contribution is 2.42. The Bertz CT molecular complexity index is 314. The Kier molecular flexibility index (Phi) is 3.06. The van der Waals surface area contributed by atoms with E-state index >= 15 is 0 Å². The van der Waals surface area contributed by atoms with Crippen LogP contribution in [0, 0.1) is 5.41 Å². The van der Waals surface area contributed by atoms with Gasteiger partial charge in [0.25, 0.3) is 0 Å². The van der Waals surface area contributed by atoms with E-state index in [2.05, 4.69) is 26.0 Å². The summed E-state index contributed by atoms with van der Waals surface area (Å²) in [6.45, 7) is 4.76. The summed E-state index contributed by atoms with van der Waals surface area (Å²) in [5.41, 5.74) is 2.03. The molecule has 82 valence electrons. The predicted octanol–water partition coefficient (Wildman–Crippen LogP) is 5.02. The smallest absolute Gasteiger partial charge is 0.0406 e. The van der Waals surface area contributed by atoms with Crippen molar-refractivity contribution >= 4 is 11.6 Å². The molecule has 15 heavy (non-hydrogen) atoms. The maximum atomic E-state index is 5.90. The van der Waals surface area contributed by atoms with Crippen LogP contribution >= 0.6 is 11.6 Å². The molecule has 1 saturated carbocycles. The van der Waals surface area contributed by atoms with Crippen molar-refractivity contribution in [3.8, 4) is 0 Å². The van der Waals surface area contributed by atoms with E-state index in [1.54, 1.807) is 0 Å². The third-order valence-corrected chi connectivity index (χ3v) is 3.93. The molecule has 1 aliphatic carbocycles. The Hall–Kier alpha value is -0.490. The van der Waals surface area contributed by atoms with Gasteiger partial charge in [0.1, 0.15) is 0 Å². The summed E-state index contributed by atoms with van der Waals surface area (Å²) in [6.07, 6.45) is 5.35. The van der Waals surface area contributed by atoms with Gasteiger partial charge in [-0.1, -0.05) is 37.6 Å². The first kappa shape index (κ1) is 11.0. The fourth-order valence-corrected chi connectivity index (χ4v) is 2.59. The van der Waals surface area contributed by atoms with Gasteiger partial charge in [0.15, 0.2) is 0 Å². The first-order valence-corrected chi connectivity index (χ1v) is 6.20. The Balaban J connectivity index is 2.04. The molecule has 0 saturated heterocycles. The SMILES string of the molecule is CC1(C)CCC(c2ccc(Cl)cc2)CC1. The normalized spacial score (nSPS) is 21.5. The van der Waals surface area contributed by atoms with E-state index in [1.165, 1.54) is 31.2 Å². The van der Waals surface area contributed by atoms with Crippen LogP contribution in [-0.2, 0) is 0 Å². The van der Waals surface area contributed by atoms with Crippen molar-refractivity contribution in [1.82, 2.24) is 0 Å². The fraction of sp³-hybridized carbons (Fsp3) is 0.571. The lowest BCUT2D eigenvalue weighted by atomic mass is 9.71. The molecule has 0 bridgehead atoms. The van der Waals surface area contributed by atoms with E-state index < -0.39 is 0 Å². The number of rotatable bonds is 1. The Morgan fingerprint density at radius 3 is 2.13 bits per heavy atom. The average molecular weight is 223 g/mol. The van der Waals surface area contributed by atoms with Gasteiger partial charge in [-0.2, -0.15) is 0 Å². The summed E-state index contributed by atoms with van der Waals surface area (Å²) in [5.74, 6) is 0.760. The van der Waals surface area contributed by atoms with Crippen molar-refractivity contribution in [1.29, 1.82) is 0 Å². The summed E-state index contributed by atoms with van der Waals surface area (Å²) < 4.78 is 0. The molecular weight excluding hydrogens is 204 g/mol. The zero-order chi connectivity index (χ0) is 10.9. The van der Waals surface area contributed by atoms with E-state index in [9.17, 15) is 0 Å². The van der Waals surface area contributed by atoms with Crippen LogP contribution in [0.25, 0.3) is 0 Å². The highest BCUT2D eigenvalue weighted by atomic mass is 35.5. The number of halogens is 1. The largest absolute Gasteiger partial charge is 0.0843 e. The van der Waals surface area contributed by atoms with Crippen LogP contribution in [0.2, 0.25) is 5.02 Å². The summed E-state index contributed by atoms with van der Waals surface area (Å²) in [4.78, 5) is 0. The molecule has 0 radical (unpaired) electrons. The lowest BCUT2D eigenvalue weighted by molar-refractivity contribution is 0.224. The summed E-state index contributed by atoms with van der Waals surface area (Å²) in [6, 6.07) is 8.39. The van der Waals surface area contributed by atoms with Crippen molar-refractivity contribution in [3.63, 3.8) is 0 Å². The number of benzene rings is 1. The van der Waals surface area contributed by atoms with Gasteiger partial charge in [-0.3, -0.25) is 0 Å². The van der Waals surface area contributed by atoms with Crippen molar-refractivity contribution < 1.29 is 0 Å². The van der Waals surface area contributed by atoms with Gasteiger partial charge < -0.3 is 0 Å². The molecule has 0 aliphatic heterocycles. The van der Waals surface area contributed by atoms with Crippen molar-refractivity contribution in [2.75, 3.05) is 0 Å². The maximum absolute atomic E-state index is 5.90. The van der Waals surface area contributed by atoms with Crippen LogP contribution in [0.1, 0.15) is 51.0 Å². The molecular formula is C14H19Cl. The lowest BCUT2D eigenvalue weighted by Gasteiger charge is -2.34. The van der Waals surface area contributed by atoms with Crippen LogP contribution in [-0.4, -0.2) is 0 Å². The van der Waals surface area contributed by atoms with Gasteiger partial charge in [-0.15, -0.1) is 0 Å². The Morgan fingerprint density at radius 2 is 1.60 bits per heavy atom. The van der Waals surface area contributed by atoms with Gasteiger partial charge in [0.05, 0.1) is 0 Å². The highest BCUT2D eigenvalue weighted by molar-refractivity contribution is 6.30. The van der Waals surface area contributed by atoms with Crippen LogP contribution in [0.4, 0.5) is 0 Å². The topological polar surface area (TPSA) is 0 Å². The first-order valence-electron chi connectivity index (χ1n) is 5.82. The van der Waals surface area contributed by atoms with Crippen molar-refractivity contribution in [2.45, 2.75) is 45.4 Å². The minimum absolute atomic E-state index is 0.558. The third-order valence-electron chi connectivity index (χ3n) is 3.68. The summed E-state index contributed by atoms with van der Waals surface area (Å²) >= 11 is 5.90. The van der Waals surface area contributed by atoms with E-state index in [4.69, 9.17) is 11.6 Å². The van der Waals surface area contributed by atoms with Crippen LogP contribution in [0.15, 0.2) is 24.3 Å². The molecule has 0 nitrogen and oxygen atoms in total. The molecule has 0 heterocycles. The zero-order valence-electron chi connectivity index (χ0n) is 9.59. The minimum atomic E-state index is 0.558. The molecule has 0 N–H and O–H groups in total. The Labute approximate surface area is 97.6 Å². The number of hydrogen-bond acceptors (Lipinski definition) is 0. The van der Waals surface area contributed by atoms with E-state index in [1.807, 2.05) is 12.1 Å². The second-order valence-corrected chi connectivity index (χ2v) is 5.93. The molecule has 1 heteroatoms. The highest BCUT2D eigenvalue weighted by Gasteiger charge is 2.27. The molecule has 1 aromatic carbocycles. The monoisotopic (exact) mass is 222 g/mol. The molecule has 2 rings (SSSR count). The molecule has 0 aromatic heterocycles. The van der Waals surface area contributed by atoms with Gasteiger partial charge in [0.2, 0.25) is 0 Å². The van der Waals surface area contributed by atoms with Crippen molar-refractivity contribution in [2.24, 2.45) is 5.41 Å².